The third kappa shape index (κ3) is 3.03. The van der Waals surface area contributed by atoms with Gasteiger partial charge in [0, 0.05) is 19.2 Å². The molecule has 2 heterocycles. The van der Waals surface area contributed by atoms with Gasteiger partial charge in [0.05, 0.1) is 0 Å². The highest BCUT2D eigenvalue weighted by atomic mass is 15.2. The van der Waals surface area contributed by atoms with Crippen molar-refractivity contribution >= 4 is 5.65 Å². The van der Waals surface area contributed by atoms with E-state index in [1.165, 1.54) is 6.42 Å². The van der Waals surface area contributed by atoms with E-state index in [0.29, 0.717) is 0 Å². The van der Waals surface area contributed by atoms with Crippen LogP contribution in [0.3, 0.4) is 0 Å². The summed E-state index contributed by atoms with van der Waals surface area (Å²) in [6, 6.07) is 5.96. The van der Waals surface area contributed by atoms with E-state index in [9.17, 15) is 0 Å². The van der Waals surface area contributed by atoms with Crippen molar-refractivity contribution in [1.29, 1.82) is 0 Å². The molecule has 0 aliphatic carbocycles. The number of aromatic nitrogens is 3. The van der Waals surface area contributed by atoms with Crippen molar-refractivity contribution < 1.29 is 0 Å². The lowest BCUT2D eigenvalue weighted by Gasteiger charge is -2.09. The zero-order chi connectivity index (χ0) is 12.1. The normalized spacial score (nSPS) is 13.1. The highest BCUT2D eigenvalue weighted by Gasteiger charge is 2.04. The molecule has 0 aromatic carbocycles. The molecule has 92 valence electrons. The molecule has 0 bridgehead atoms. The zero-order valence-corrected chi connectivity index (χ0v) is 10.6. The molecule has 2 aromatic rings. The Bertz CT molecular complexity index is 463. The van der Waals surface area contributed by atoms with Gasteiger partial charge in [-0.2, -0.15) is 0 Å². The Hall–Kier alpha value is -1.42. The molecule has 0 amide bonds. The number of hydrogen-bond acceptors (Lipinski definition) is 3. The van der Waals surface area contributed by atoms with Crippen LogP contribution in [0.2, 0.25) is 0 Å². The van der Waals surface area contributed by atoms with Gasteiger partial charge in [0.25, 0.3) is 0 Å². The molecule has 0 spiro atoms. The van der Waals surface area contributed by atoms with Crippen molar-refractivity contribution in [3.8, 4) is 0 Å². The first-order chi connectivity index (χ1) is 8.31. The zero-order valence-electron chi connectivity index (χ0n) is 10.6. The molecule has 0 saturated carbocycles. The first kappa shape index (κ1) is 12.0. The second kappa shape index (κ2) is 5.77. The smallest absolute Gasteiger partial charge is 0.160 e. The van der Waals surface area contributed by atoms with Crippen LogP contribution in [-0.2, 0) is 6.42 Å². The minimum absolute atomic E-state index is 0.741. The van der Waals surface area contributed by atoms with Crippen LogP contribution in [0.4, 0.5) is 0 Å². The van der Waals surface area contributed by atoms with Gasteiger partial charge in [0.15, 0.2) is 5.65 Å². The fourth-order valence-electron chi connectivity index (χ4n) is 1.75. The van der Waals surface area contributed by atoms with Gasteiger partial charge in [-0.25, -0.2) is 0 Å². The first-order valence-electron chi connectivity index (χ1n) is 6.30. The summed E-state index contributed by atoms with van der Waals surface area (Å²) in [5.41, 5.74) is 0.921. The molecule has 4 heteroatoms. The highest BCUT2D eigenvalue weighted by Crippen LogP contribution is 2.03. The molecule has 17 heavy (non-hydrogen) atoms. The van der Waals surface area contributed by atoms with Crippen LogP contribution in [0.5, 0.6) is 0 Å². The minimum Gasteiger partial charge on any atom is -0.316 e. The van der Waals surface area contributed by atoms with Gasteiger partial charge in [-0.05, 0) is 24.6 Å². The van der Waals surface area contributed by atoms with E-state index in [1.54, 1.807) is 0 Å². The second-order valence-electron chi connectivity index (χ2n) is 4.51. The van der Waals surface area contributed by atoms with Crippen LogP contribution in [-0.4, -0.2) is 27.7 Å². The first-order valence-corrected chi connectivity index (χ1v) is 6.30. The van der Waals surface area contributed by atoms with Gasteiger partial charge < -0.3 is 5.32 Å². The van der Waals surface area contributed by atoms with Gasteiger partial charge in [-0.3, -0.25) is 4.40 Å². The lowest BCUT2D eigenvalue weighted by atomic mass is 10.1. The molecule has 0 radical (unpaired) electrons. The Kier molecular flexibility index (Phi) is 4.09. The van der Waals surface area contributed by atoms with Gasteiger partial charge in [0.2, 0.25) is 0 Å². The van der Waals surface area contributed by atoms with Crippen molar-refractivity contribution in [3.63, 3.8) is 0 Å². The molecule has 0 fully saturated rings. The Balaban J connectivity index is 1.87. The average molecular weight is 232 g/mol. The summed E-state index contributed by atoms with van der Waals surface area (Å²) in [5.74, 6) is 1.77. The van der Waals surface area contributed by atoms with Crippen LogP contribution in [0, 0.1) is 5.92 Å². The number of pyridine rings is 1. The Morgan fingerprint density at radius 3 is 3.06 bits per heavy atom. The summed E-state index contributed by atoms with van der Waals surface area (Å²) in [6.45, 7) is 6.52. The maximum atomic E-state index is 4.21. The number of nitrogens with one attached hydrogen (secondary N) is 1. The largest absolute Gasteiger partial charge is 0.316 e. The topological polar surface area (TPSA) is 42.2 Å². The lowest BCUT2D eigenvalue weighted by molar-refractivity contribution is 0.500. The molecular formula is C13H20N4. The Morgan fingerprint density at radius 2 is 2.24 bits per heavy atom. The van der Waals surface area contributed by atoms with Crippen LogP contribution >= 0.6 is 0 Å². The Morgan fingerprint density at radius 1 is 1.35 bits per heavy atom. The highest BCUT2D eigenvalue weighted by molar-refractivity contribution is 5.36. The predicted molar refractivity (Wildman–Crippen MR) is 69.0 cm³/mol. The van der Waals surface area contributed by atoms with Crippen LogP contribution in [0.1, 0.15) is 26.1 Å². The van der Waals surface area contributed by atoms with Crippen LogP contribution in [0.15, 0.2) is 24.4 Å². The van der Waals surface area contributed by atoms with Gasteiger partial charge in [-0.1, -0.05) is 26.3 Å². The number of rotatable bonds is 6. The van der Waals surface area contributed by atoms with Crippen molar-refractivity contribution in [3.05, 3.63) is 30.2 Å². The molecule has 1 atom stereocenters. The maximum absolute atomic E-state index is 4.21. The van der Waals surface area contributed by atoms with Gasteiger partial charge in [0.1, 0.15) is 5.82 Å². The molecule has 4 nitrogen and oxygen atoms in total. The number of nitrogens with zero attached hydrogens (tertiary/aromatic N) is 3. The van der Waals surface area contributed by atoms with E-state index < -0.39 is 0 Å². The SMILES string of the molecule is CC[C@H](C)CNCCc1nnc2ccccn12. The van der Waals surface area contributed by atoms with Gasteiger partial charge >= 0.3 is 0 Å². The van der Waals surface area contributed by atoms with Crippen molar-refractivity contribution in [2.45, 2.75) is 26.7 Å². The predicted octanol–water partition coefficient (Wildman–Crippen LogP) is 1.91. The second-order valence-corrected chi connectivity index (χ2v) is 4.51. The molecule has 1 N–H and O–H groups in total. The summed E-state index contributed by atoms with van der Waals surface area (Å²) in [6.07, 6.45) is 4.15. The molecule has 0 unspecified atom stereocenters. The summed E-state index contributed by atoms with van der Waals surface area (Å²) in [5, 5.41) is 11.8. The molecular weight excluding hydrogens is 212 g/mol. The van der Waals surface area contributed by atoms with E-state index in [4.69, 9.17) is 0 Å². The summed E-state index contributed by atoms with van der Waals surface area (Å²) < 4.78 is 2.05. The van der Waals surface area contributed by atoms with E-state index in [-0.39, 0.29) is 0 Å². The van der Waals surface area contributed by atoms with Crippen molar-refractivity contribution in [2.75, 3.05) is 13.1 Å². The summed E-state index contributed by atoms with van der Waals surface area (Å²) in [4.78, 5) is 0. The molecule has 0 aliphatic heterocycles. The van der Waals surface area contributed by atoms with E-state index in [1.807, 2.05) is 28.8 Å². The maximum Gasteiger partial charge on any atom is 0.160 e. The standard InChI is InChI=1S/C13H20N4/c1-3-11(2)10-14-8-7-13-16-15-12-6-4-5-9-17(12)13/h4-6,9,11,14H,3,7-8,10H2,1-2H3/t11-/m0/s1. The third-order valence-electron chi connectivity index (χ3n) is 3.10. The van der Waals surface area contributed by atoms with Crippen LogP contribution < -0.4 is 5.32 Å². The van der Waals surface area contributed by atoms with Crippen molar-refractivity contribution in [2.24, 2.45) is 5.92 Å². The van der Waals surface area contributed by atoms with E-state index in [0.717, 1.165) is 36.9 Å². The van der Waals surface area contributed by atoms with Gasteiger partial charge in [-0.15, -0.1) is 10.2 Å². The fourth-order valence-corrected chi connectivity index (χ4v) is 1.75. The minimum atomic E-state index is 0.741. The average Bonchev–Trinajstić information content (AvgIpc) is 2.78. The summed E-state index contributed by atoms with van der Waals surface area (Å²) in [7, 11) is 0. The number of hydrogen-bond donors (Lipinski definition) is 1. The van der Waals surface area contributed by atoms with Crippen molar-refractivity contribution in [1.82, 2.24) is 19.9 Å². The number of fused-ring (bicyclic) bond motifs is 1. The molecule has 0 saturated heterocycles. The molecule has 2 aromatic heterocycles. The molecule has 2 rings (SSSR count). The van der Waals surface area contributed by atoms with E-state index in [2.05, 4.69) is 29.4 Å². The van der Waals surface area contributed by atoms with E-state index >= 15 is 0 Å². The third-order valence-corrected chi connectivity index (χ3v) is 3.10. The molecule has 0 aliphatic rings. The fraction of sp³-hybridized carbons (Fsp3) is 0.538. The Labute approximate surface area is 102 Å². The quantitative estimate of drug-likeness (QED) is 0.774. The monoisotopic (exact) mass is 232 g/mol. The summed E-state index contributed by atoms with van der Waals surface area (Å²) >= 11 is 0. The lowest BCUT2D eigenvalue weighted by Crippen LogP contribution is -2.23. The van der Waals surface area contributed by atoms with Crippen LogP contribution in [0.25, 0.3) is 5.65 Å².